The van der Waals surface area contributed by atoms with Crippen molar-refractivity contribution in [2.24, 2.45) is 7.05 Å². The zero-order valence-corrected chi connectivity index (χ0v) is 9.91. The second-order valence-corrected chi connectivity index (χ2v) is 3.37. The summed E-state index contributed by atoms with van der Waals surface area (Å²) >= 11 is 0. The Morgan fingerprint density at radius 2 is 2.38 bits per heavy atom. The number of rotatable bonds is 5. The van der Waals surface area contributed by atoms with Crippen LogP contribution in [-0.2, 0) is 11.8 Å². The van der Waals surface area contributed by atoms with E-state index in [1.165, 1.54) is 0 Å². The molecule has 0 aromatic carbocycles. The van der Waals surface area contributed by atoms with E-state index in [1.807, 2.05) is 19.9 Å². The first kappa shape index (κ1) is 12.5. The van der Waals surface area contributed by atoms with E-state index in [9.17, 15) is 4.79 Å². The van der Waals surface area contributed by atoms with E-state index in [-0.39, 0.29) is 6.03 Å². The summed E-state index contributed by atoms with van der Waals surface area (Å²) in [7, 11) is 1.78. The predicted molar refractivity (Wildman–Crippen MR) is 61.5 cm³/mol. The summed E-state index contributed by atoms with van der Waals surface area (Å²) in [6.45, 7) is 5.46. The van der Waals surface area contributed by atoms with Gasteiger partial charge in [-0.1, -0.05) is 0 Å². The van der Waals surface area contributed by atoms with Gasteiger partial charge in [-0.25, -0.2) is 4.79 Å². The Kier molecular flexibility index (Phi) is 4.78. The van der Waals surface area contributed by atoms with Crippen molar-refractivity contribution in [2.45, 2.75) is 13.8 Å². The molecular formula is C10H18N4O2. The van der Waals surface area contributed by atoms with Crippen LogP contribution in [0.3, 0.4) is 0 Å². The zero-order valence-electron chi connectivity index (χ0n) is 9.91. The molecule has 1 rings (SSSR count). The maximum absolute atomic E-state index is 11.4. The van der Waals surface area contributed by atoms with Crippen LogP contribution < -0.4 is 10.6 Å². The molecule has 0 radical (unpaired) electrons. The smallest absolute Gasteiger partial charge is 0.320 e. The van der Waals surface area contributed by atoms with Crippen LogP contribution in [0.15, 0.2) is 6.07 Å². The molecule has 90 valence electrons. The molecule has 0 unspecified atom stereocenters. The summed E-state index contributed by atoms with van der Waals surface area (Å²) in [5.41, 5.74) is 0.868. The van der Waals surface area contributed by atoms with Gasteiger partial charge in [-0.3, -0.25) is 10.00 Å². The highest BCUT2D eigenvalue weighted by Crippen LogP contribution is 2.06. The summed E-state index contributed by atoms with van der Waals surface area (Å²) in [5.74, 6) is 0.673. The SMILES string of the molecule is CCOCCNC(=O)Nc1cc(C)nn1C. The minimum Gasteiger partial charge on any atom is -0.380 e. The van der Waals surface area contributed by atoms with Gasteiger partial charge in [-0.2, -0.15) is 5.10 Å². The molecule has 0 aliphatic rings. The van der Waals surface area contributed by atoms with Gasteiger partial charge in [0.1, 0.15) is 5.82 Å². The van der Waals surface area contributed by atoms with Gasteiger partial charge in [0.05, 0.1) is 12.3 Å². The van der Waals surface area contributed by atoms with Gasteiger partial charge < -0.3 is 10.1 Å². The number of hydrogen-bond donors (Lipinski definition) is 2. The molecule has 0 spiro atoms. The van der Waals surface area contributed by atoms with E-state index in [4.69, 9.17) is 4.74 Å². The second kappa shape index (κ2) is 6.12. The number of aryl methyl sites for hydroxylation is 2. The summed E-state index contributed by atoms with van der Waals surface area (Å²) in [4.78, 5) is 11.4. The van der Waals surface area contributed by atoms with Gasteiger partial charge in [0.2, 0.25) is 0 Å². The fourth-order valence-corrected chi connectivity index (χ4v) is 1.27. The van der Waals surface area contributed by atoms with Crippen LogP contribution in [0.5, 0.6) is 0 Å². The van der Waals surface area contributed by atoms with Crippen molar-refractivity contribution < 1.29 is 9.53 Å². The molecule has 1 heterocycles. The molecular weight excluding hydrogens is 208 g/mol. The number of urea groups is 1. The third kappa shape index (κ3) is 3.90. The molecule has 0 saturated heterocycles. The monoisotopic (exact) mass is 226 g/mol. The average molecular weight is 226 g/mol. The number of amides is 2. The highest BCUT2D eigenvalue weighted by Gasteiger charge is 2.05. The normalized spacial score (nSPS) is 10.2. The molecule has 6 heteroatoms. The van der Waals surface area contributed by atoms with Crippen molar-refractivity contribution in [3.63, 3.8) is 0 Å². The van der Waals surface area contributed by atoms with Crippen LogP contribution in [-0.4, -0.2) is 35.6 Å². The highest BCUT2D eigenvalue weighted by atomic mass is 16.5. The number of nitrogens with zero attached hydrogens (tertiary/aromatic N) is 2. The molecule has 2 amide bonds. The van der Waals surface area contributed by atoms with E-state index in [0.717, 1.165) is 5.69 Å². The fraction of sp³-hybridized carbons (Fsp3) is 0.600. The van der Waals surface area contributed by atoms with Crippen LogP contribution in [0.4, 0.5) is 10.6 Å². The first-order valence-electron chi connectivity index (χ1n) is 5.26. The van der Waals surface area contributed by atoms with Gasteiger partial charge in [-0.05, 0) is 13.8 Å². The highest BCUT2D eigenvalue weighted by molar-refractivity contribution is 5.88. The summed E-state index contributed by atoms with van der Waals surface area (Å²) in [6.07, 6.45) is 0. The van der Waals surface area contributed by atoms with Crippen molar-refractivity contribution in [3.05, 3.63) is 11.8 Å². The molecule has 16 heavy (non-hydrogen) atoms. The van der Waals surface area contributed by atoms with Gasteiger partial charge in [0.25, 0.3) is 0 Å². The van der Waals surface area contributed by atoms with E-state index in [2.05, 4.69) is 15.7 Å². The lowest BCUT2D eigenvalue weighted by molar-refractivity contribution is 0.150. The fourth-order valence-electron chi connectivity index (χ4n) is 1.27. The minimum absolute atomic E-state index is 0.247. The van der Waals surface area contributed by atoms with Crippen molar-refractivity contribution in [3.8, 4) is 0 Å². The maximum Gasteiger partial charge on any atom is 0.320 e. The number of anilines is 1. The van der Waals surface area contributed by atoms with Gasteiger partial charge in [-0.15, -0.1) is 0 Å². The molecule has 0 aliphatic heterocycles. The van der Waals surface area contributed by atoms with Crippen molar-refractivity contribution >= 4 is 11.8 Å². The molecule has 0 aliphatic carbocycles. The van der Waals surface area contributed by atoms with E-state index >= 15 is 0 Å². The average Bonchev–Trinajstić information content (AvgIpc) is 2.52. The van der Waals surface area contributed by atoms with Gasteiger partial charge in [0, 0.05) is 26.3 Å². The first-order chi connectivity index (χ1) is 7.63. The van der Waals surface area contributed by atoms with E-state index in [1.54, 1.807) is 11.7 Å². The van der Waals surface area contributed by atoms with Gasteiger partial charge in [0.15, 0.2) is 0 Å². The summed E-state index contributed by atoms with van der Waals surface area (Å²) in [5, 5.41) is 9.51. The Balaban J connectivity index is 2.31. The van der Waals surface area contributed by atoms with Crippen LogP contribution in [0, 0.1) is 6.92 Å². The maximum atomic E-state index is 11.4. The number of nitrogens with one attached hydrogen (secondary N) is 2. The third-order valence-corrected chi connectivity index (χ3v) is 1.98. The van der Waals surface area contributed by atoms with Gasteiger partial charge >= 0.3 is 6.03 Å². The predicted octanol–water partition coefficient (Wildman–Crippen LogP) is 0.887. The third-order valence-electron chi connectivity index (χ3n) is 1.98. The number of carbonyl (C=O) groups is 1. The molecule has 2 N–H and O–H groups in total. The van der Waals surface area contributed by atoms with Crippen LogP contribution >= 0.6 is 0 Å². The second-order valence-electron chi connectivity index (χ2n) is 3.37. The summed E-state index contributed by atoms with van der Waals surface area (Å²) < 4.78 is 6.72. The Labute approximate surface area is 95.0 Å². The lowest BCUT2D eigenvalue weighted by Crippen LogP contribution is -2.32. The molecule has 6 nitrogen and oxygen atoms in total. The van der Waals surface area contributed by atoms with E-state index < -0.39 is 0 Å². The number of carbonyl (C=O) groups excluding carboxylic acids is 1. The molecule has 1 aromatic rings. The molecule has 0 saturated carbocycles. The number of aromatic nitrogens is 2. The Hall–Kier alpha value is -1.56. The van der Waals surface area contributed by atoms with Crippen molar-refractivity contribution in [1.82, 2.24) is 15.1 Å². The van der Waals surface area contributed by atoms with Crippen LogP contribution in [0.25, 0.3) is 0 Å². The zero-order chi connectivity index (χ0) is 12.0. The Bertz CT molecular complexity index is 349. The quantitative estimate of drug-likeness (QED) is 0.732. The molecule has 0 bridgehead atoms. The van der Waals surface area contributed by atoms with Crippen LogP contribution in [0.1, 0.15) is 12.6 Å². The lowest BCUT2D eigenvalue weighted by Gasteiger charge is -2.07. The van der Waals surface area contributed by atoms with Crippen molar-refractivity contribution in [1.29, 1.82) is 0 Å². The number of ether oxygens (including phenoxy) is 1. The van der Waals surface area contributed by atoms with E-state index in [0.29, 0.717) is 25.6 Å². The molecule has 0 atom stereocenters. The number of hydrogen-bond acceptors (Lipinski definition) is 3. The largest absolute Gasteiger partial charge is 0.380 e. The lowest BCUT2D eigenvalue weighted by atomic mass is 10.5. The van der Waals surface area contributed by atoms with Crippen molar-refractivity contribution in [2.75, 3.05) is 25.1 Å². The summed E-state index contributed by atoms with van der Waals surface area (Å²) in [6, 6.07) is 1.56. The first-order valence-corrected chi connectivity index (χ1v) is 5.26. The topological polar surface area (TPSA) is 68.2 Å². The Morgan fingerprint density at radius 1 is 1.62 bits per heavy atom. The Morgan fingerprint density at radius 3 is 2.94 bits per heavy atom. The minimum atomic E-state index is -0.247. The molecule has 1 aromatic heterocycles. The standard InChI is InChI=1S/C10H18N4O2/c1-4-16-6-5-11-10(15)12-9-7-8(2)13-14(9)3/h7H,4-6H2,1-3H3,(H2,11,12,15). The molecule has 0 fully saturated rings. The van der Waals surface area contributed by atoms with Crippen LogP contribution in [0.2, 0.25) is 0 Å².